The van der Waals surface area contributed by atoms with Crippen molar-refractivity contribution in [1.82, 2.24) is 10.4 Å². The molecular weight excluding hydrogens is 262 g/mol. The van der Waals surface area contributed by atoms with Crippen LogP contribution < -0.4 is 5.43 Å². The van der Waals surface area contributed by atoms with Crippen LogP contribution in [0.5, 0.6) is 0 Å². The Kier molecular flexibility index (Phi) is 2.86. The lowest BCUT2D eigenvalue weighted by Crippen LogP contribution is -2.45. The van der Waals surface area contributed by atoms with Gasteiger partial charge in [0, 0.05) is 18.2 Å². The van der Waals surface area contributed by atoms with Crippen LogP contribution in [0.3, 0.4) is 0 Å². The van der Waals surface area contributed by atoms with Gasteiger partial charge in [0.1, 0.15) is 10.9 Å². The van der Waals surface area contributed by atoms with Crippen LogP contribution in [0.15, 0.2) is 23.4 Å². The molecule has 0 unspecified atom stereocenters. The van der Waals surface area contributed by atoms with Crippen LogP contribution in [0.2, 0.25) is 5.15 Å². The molecule has 19 heavy (non-hydrogen) atoms. The number of pyridine rings is 1. The first-order valence-corrected chi connectivity index (χ1v) is 6.82. The van der Waals surface area contributed by atoms with Gasteiger partial charge in [-0.25, -0.2) is 4.98 Å². The zero-order chi connectivity index (χ0) is 13.6. The topological polar surface area (TPSA) is 54.4 Å². The van der Waals surface area contributed by atoms with Gasteiger partial charge in [-0.05, 0) is 24.0 Å². The number of nitrogens with zero attached hydrogens (tertiary/aromatic N) is 2. The monoisotopic (exact) mass is 277 g/mol. The summed E-state index contributed by atoms with van der Waals surface area (Å²) in [6.45, 7) is 4.25. The molecule has 0 saturated heterocycles. The Labute approximate surface area is 117 Å². The predicted octanol–water partition coefficient (Wildman–Crippen LogP) is 2.42. The second kappa shape index (κ2) is 4.30. The third kappa shape index (κ3) is 2.14. The largest absolute Gasteiger partial charge is 0.306 e. The summed E-state index contributed by atoms with van der Waals surface area (Å²) in [5.41, 5.74) is 4.64. The Bertz CT molecular complexity index is 568. The van der Waals surface area contributed by atoms with Gasteiger partial charge in [0.05, 0.1) is 17.7 Å². The minimum Gasteiger partial charge on any atom is -0.306 e. The number of hydrazone groups is 1. The molecule has 1 aromatic rings. The quantitative estimate of drug-likeness (QED) is 0.802. The molecule has 2 atom stereocenters. The minimum atomic E-state index is -0.185. The highest BCUT2D eigenvalue weighted by Crippen LogP contribution is 2.40. The number of Topliss-reactive ketones (excluding diaryl/α,β-unsaturated/α-hetero) is 1. The van der Waals surface area contributed by atoms with Gasteiger partial charge in [0.15, 0.2) is 0 Å². The average molecular weight is 278 g/mol. The van der Waals surface area contributed by atoms with Crippen LogP contribution in [0.4, 0.5) is 0 Å². The standard InChI is InChI=1S/C14H16ClN3O/c1-14(2)6-9-11(10(19)7-14)12(18-17-9)8-4-3-5-16-13(8)15/h3-5,9,11,17H,6-7H2,1-2H3/t9-,11-/m1/s1. The summed E-state index contributed by atoms with van der Waals surface area (Å²) in [7, 11) is 0. The normalized spacial score (nSPS) is 28.6. The van der Waals surface area contributed by atoms with Gasteiger partial charge in [0.25, 0.3) is 0 Å². The van der Waals surface area contributed by atoms with E-state index in [1.165, 1.54) is 0 Å². The summed E-state index contributed by atoms with van der Waals surface area (Å²) in [5.74, 6) is 0.0552. The molecule has 4 nitrogen and oxygen atoms in total. The van der Waals surface area contributed by atoms with E-state index >= 15 is 0 Å². The van der Waals surface area contributed by atoms with Crippen molar-refractivity contribution in [3.8, 4) is 0 Å². The van der Waals surface area contributed by atoms with Gasteiger partial charge >= 0.3 is 0 Å². The number of rotatable bonds is 1. The molecule has 1 aromatic heterocycles. The number of hydrogen-bond acceptors (Lipinski definition) is 4. The Hall–Kier alpha value is -1.42. The molecular formula is C14H16ClN3O. The van der Waals surface area contributed by atoms with E-state index in [9.17, 15) is 4.79 Å². The van der Waals surface area contributed by atoms with Crippen molar-refractivity contribution in [1.29, 1.82) is 0 Å². The van der Waals surface area contributed by atoms with Crippen molar-refractivity contribution in [2.45, 2.75) is 32.7 Å². The number of nitrogens with one attached hydrogen (secondary N) is 1. The predicted molar refractivity (Wildman–Crippen MR) is 74.2 cm³/mol. The molecule has 2 aliphatic rings. The van der Waals surface area contributed by atoms with Crippen LogP contribution in [0.1, 0.15) is 32.3 Å². The molecule has 2 heterocycles. The van der Waals surface area contributed by atoms with Gasteiger partial charge in [-0.2, -0.15) is 5.10 Å². The van der Waals surface area contributed by atoms with Crippen LogP contribution >= 0.6 is 11.6 Å². The van der Waals surface area contributed by atoms with E-state index in [4.69, 9.17) is 11.6 Å². The van der Waals surface area contributed by atoms with E-state index in [1.54, 1.807) is 6.20 Å². The molecule has 0 spiro atoms. The summed E-state index contributed by atoms with van der Waals surface area (Å²) in [6.07, 6.45) is 3.17. The number of ketones is 1. The number of fused-ring (bicyclic) bond motifs is 1. The highest BCUT2D eigenvalue weighted by Gasteiger charge is 2.46. The third-order valence-electron chi connectivity index (χ3n) is 3.85. The summed E-state index contributed by atoms with van der Waals surface area (Å²) >= 11 is 6.11. The van der Waals surface area contributed by atoms with Crippen LogP contribution in [-0.2, 0) is 4.79 Å². The van der Waals surface area contributed by atoms with Crippen LogP contribution in [-0.4, -0.2) is 22.5 Å². The number of hydrogen-bond donors (Lipinski definition) is 1. The van der Waals surface area contributed by atoms with E-state index < -0.39 is 0 Å². The second-order valence-corrected chi connectivity index (χ2v) is 6.42. The summed E-state index contributed by atoms with van der Waals surface area (Å²) in [6, 6.07) is 3.77. The number of carbonyl (C=O) groups excluding carboxylic acids is 1. The summed E-state index contributed by atoms with van der Waals surface area (Å²) in [4.78, 5) is 16.5. The molecule has 1 saturated carbocycles. The summed E-state index contributed by atoms with van der Waals surface area (Å²) in [5, 5.41) is 4.75. The highest BCUT2D eigenvalue weighted by atomic mass is 35.5. The first-order valence-electron chi connectivity index (χ1n) is 6.45. The third-order valence-corrected chi connectivity index (χ3v) is 4.16. The minimum absolute atomic E-state index is 0.0367. The molecule has 0 bridgehead atoms. The number of aromatic nitrogens is 1. The Balaban J connectivity index is 1.95. The van der Waals surface area contributed by atoms with E-state index in [0.29, 0.717) is 11.6 Å². The van der Waals surface area contributed by atoms with Crippen LogP contribution in [0, 0.1) is 11.3 Å². The fraction of sp³-hybridized carbons (Fsp3) is 0.500. The number of halogens is 1. The Morgan fingerprint density at radius 1 is 1.47 bits per heavy atom. The van der Waals surface area contributed by atoms with Gasteiger partial charge < -0.3 is 5.43 Å². The Morgan fingerprint density at radius 3 is 3.00 bits per heavy atom. The van der Waals surface area contributed by atoms with Crippen molar-refractivity contribution in [2.24, 2.45) is 16.4 Å². The summed E-state index contributed by atoms with van der Waals surface area (Å²) < 4.78 is 0. The maximum atomic E-state index is 12.4. The highest BCUT2D eigenvalue weighted by molar-refractivity contribution is 6.34. The maximum absolute atomic E-state index is 12.4. The molecule has 0 radical (unpaired) electrons. The van der Waals surface area contributed by atoms with Crippen molar-refractivity contribution in [3.05, 3.63) is 29.0 Å². The van der Waals surface area contributed by atoms with Gasteiger partial charge in [-0.15, -0.1) is 0 Å². The zero-order valence-corrected chi connectivity index (χ0v) is 11.7. The number of carbonyl (C=O) groups is 1. The first kappa shape index (κ1) is 12.6. The first-order chi connectivity index (χ1) is 8.98. The van der Waals surface area contributed by atoms with E-state index in [2.05, 4.69) is 29.4 Å². The average Bonchev–Trinajstić information content (AvgIpc) is 2.71. The lowest BCUT2D eigenvalue weighted by molar-refractivity contribution is -0.126. The van der Waals surface area contributed by atoms with Crippen molar-refractivity contribution in [3.63, 3.8) is 0 Å². The molecule has 1 aliphatic carbocycles. The molecule has 1 N–H and O–H groups in total. The van der Waals surface area contributed by atoms with Crippen LogP contribution in [0.25, 0.3) is 0 Å². The zero-order valence-electron chi connectivity index (χ0n) is 11.0. The fourth-order valence-electron chi connectivity index (χ4n) is 3.08. The molecule has 0 aromatic carbocycles. The second-order valence-electron chi connectivity index (χ2n) is 6.06. The van der Waals surface area contributed by atoms with Crippen molar-refractivity contribution < 1.29 is 4.79 Å². The Morgan fingerprint density at radius 2 is 2.26 bits per heavy atom. The lowest BCUT2D eigenvalue weighted by atomic mass is 9.68. The molecule has 1 aliphatic heterocycles. The SMILES string of the molecule is CC1(C)CC(=O)[C@@H]2C(c3cccnc3Cl)=NN[C@@H]2C1. The van der Waals surface area contributed by atoms with Crippen molar-refractivity contribution >= 4 is 23.1 Å². The smallest absolute Gasteiger partial charge is 0.144 e. The lowest BCUT2D eigenvalue weighted by Gasteiger charge is -2.36. The van der Waals surface area contributed by atoms with E-state index in [0.717, 1.165) is 17.7 Å². The molecule has 1 fully saturated rings. The molecule has 5 heteroatoms. The maximum Gasteiger partial charge on any atom is 0.144 e. The van der Waals surface area contributed by atoms with Gasteiger partial charge in [-0.3, -0.25) is 4.79 Å². The fourth-order valence-corrected chi connectivity index (χ4v) is 3.30. The molecule has 100 valence electrons. The molecule has 0 amide bonds. The van der Waals surface area contributed by atoms with Crippen molar-refractivity contribution in [2.75, 3.05) is 0 Å². The van der Waals surface area contributed by atoms with E-state index in [-0.39, 0.29) is 23.2 Å². The molecule has 3 rings (SSSR count). The van der Waals surface area contributed by atoms with Gasteiger partial charge in [0.2, 0.25) is 0 Å². The van der Waals surface area contributed by atoms with E-state index in [1.807, 2.05) is 12.1 Å². The van der Waals surface area contributed by atoms with Gasteiger partial charge in [-0.1, -0.05) is 25.4 Å².